The van der Waals surface area contributed by atoms with Crippen LogP contribution in [0.2, 0.25) is 0 Å². The Hall–Kier alpha value is -1.76. The molecule has 0 bridgehead atoms. The van der Waals surface area contributed by atoms with Crippen LogP contribution < -0.4 is 10.6 Å². The van der Waals surface area contributed by atoms with Crippen LogP contribution in [-0.2, 0) is 11.0 Å². The topological polar surface area (TPSA) is 66.6 Å². The van der Waals surface area contributed by atoms with Crippen LogP contribution in [0.5, 0.6) is 0 Å². The predicted molar refractivity (Wildman–Crippen MR) is 76.6 cm³/mol. The highest BCUT2D eigenvalue weighted by atomic mass is 19.4. The number of alkyl halides is 3. The lowest BCUT2D eigenvalue weighted by Crippen LogP contribution is -2.47. The van der Waals surface area contributed by atoms with Crippen LogP contribution in [-0.4, -0.2) is 30.2 Å². The second-order valence-electron chi connectivity index (χ2n) is 5.75. The minimum atomic E-state index is -4.38. The maximum absolute atomic E-state index is 12.8. The highest BCUT2D eigenvalue weighted by Gasteiger charge is 2.32. The van der Waals surface area contributed by atoms with Crippen LogP contribution in [0, 0.1) is 5.92 Å². The van der Waals surface area contributed by atoms with Crippen LogP contribution in [0.25, 0.3) is 0 Å². The van der Waals surface area contributed by atoms with E-state index in [-0.39, 0.29) is 18.4 Å². The minimum absolute atomic E-state index is 0.0494. The van der Waals surface area contributed by atoms with Gasteiger partial charge in [0.2, 0.25) is 0 Å². The molecular weight excluding hydrogens is 297 g/mol. The molecular formula is C15H19F3N2O2. The Morgan fingerprint density at radius 3 is 2.73 bits per heavy atom. The largest absolute Gasteiger partial charge is 0.481 e. The van der Waals surface area contributed by atoms with Gasteiger partial charge in [-0.15, -0.1) is 0 Å². The normalized spacial score (nSPS) is 22.6. The van der Waals surface area contributed by atoms with Gasteiger partial charge in [-0.3, -0.25) is 4.79 Å². The number of hydrogen-bond acceptors (Lipinski definition) is 3. The molecule has 22 heavy (non-hydrogen) atoms. The van der Waals surface area contributed by atoms with Crippen molar-refractivity contribution in [2.75, 3.05) is 18.0 Å². The molecule has 0 aromatic heterocycles. The number of halogens is 3. The van der Waals surface area contributed by atoms with Gasteiger partial charge in [0.05, 0.1) is 5.56 Å². The minimum Gasteiger partial charge on any atom is -0.481 e. The van der Waals surface area contributed by atoms with Crippen LogP contribution >= 0.6 is 0 Å². The lowest BCUT2D eigenvalue weighted by Gasteiger charge is -2.38. The molecule has 1 aliphatic heterocycles. The Kier molecular flexibility index (Phi) is 4.95. The van der Waals surface area contributed by atoms with Gasteiger partial charge in [0.25, 0.3) is 0 Å². The molecule has 0 saturated carbocycles. The van der Waals surface area contributed by atoms with Crippen molar-refractivity contribution in [2.45, 2.75) is 31.5 Å². The van der Waals surface area contributed by atoms with Gasteiger partial charge in [0.15, 0.2) is 0 Å². The number of carbonyl (C=O) groups is 1. The van der Waals surface area contributed by atoms with Gasteiger partial charge in [-0.1, -0.05) is 6.07 Å². The first-order chi connectivity index (χ1) is 10.3. The lowest BCUT2D eigenvalue weighted by molar-refractivity contribution is -0.138. The fraction of sp³-hybridized carbons (Fsp3) is 0.533. The van der Waals surface area contributed by atoms with E-state index in [4.69, 9.17) is 10.8 Å². The fourth-order valence-corrected chi connectivity index (χ4v) is 2.87. The molecule has 2 unspecified atom stereocenters. The number of carboxylic acids is 1. The summed E-state index contributed by atoms with van der Waals surface area (Å²) in [5, 5.41) is 8.75. The van der Waals surface area contributed by atoms with Gasteiger partial charge >= 0.3 is 12.1 Å². The Labute approximate surface area is 126 Å². The van der Waals surface area contributed by atoms with Crippen molar-refractivity contribution in [2.24, 2.45) is 11.7 Å². The van der Waals surface area contributed by atoms with Crippen molar-refractivity contribution >= 4 is 11.7 Å². The first-order valence-electron chi connectivity index (χ1n) is 7.15. The third-order valence-electron chi connectivity index (χ3n) is 3.87. The van der Waals surface area contributed by atoms with Crippen LogP contribution in [0.1, 0.15) is 24.8 Å². The Morgan fingerprint density at radius 2 is 2.09 bits per heavy atom. The fourth-order valence-electron chi connectivity index (χ4n) is 2.87. The van der Waals surface area contributed by atoms with Gasteiger partial charge in [-0.25, -0.2) is 0 Å². The number of piperidine rings is 1. The Bertz CT molecular complexity index is 534. The molecule has 1 heterocycles. The molecule has 0 aliphatic carbocycles. The van der Waals surface area contributed by atoms with Crippen LogP contribution in [0.15, 0.2) is 24.3 Å². The van der Waals surface area contributed by atoms with Crippen LogP contribution in [0.3, 0.4) is 0 Å². The number of rotatable bonds is 4. The van der Waals surface area contributed by atoms with Crippen molar-refractivity contribution in [1.82, 2.24) is 0 Å². The molecule has 0 radical (unpaired) electrons. The number of anilines is 1. The summed E-state index contributed by atoms with van der Waals surface area (Å²) in [7, 11) is 0. The second-order valence-corrected chi connectivity index (χ2v) is 5.75. The Morgan fingerprint density at radius 1 is 1.36 bits per heavy atom. The van der Waals surface area contributed by atoms with Gasteiger partial charge in [0.1, 0.15) is 0 Å². The van der Waals surface area contributed by atoms with Gasteiger partial charge in [-0.05, 0) is 37.0 Å². The molecule has 7 heteroatoms. The standard InChI is InChI=1S/C15H19F3N2O2/c16-15(17,18)11-2-1-3-13(7-11)20-8-10(4-5-14(21)22)6-12(19)9-20/h1-3,7,10,12H,4-6,8-9,19H2,(H,21,22). The van der Waals surface area contributed by atoms with E-state index >= 15 is 0 Å². The third-order valence-corrected chi connectivity index (χ3v) is 3.87. The third kappa shape index (κ3) is 4.37. The predicted octanol–water partition coefficient (Wildman–Crippen LogP) is 2.72. The van der Waals surface area contributed by atoms with E-state index in [1.54, 1.807) is 6.07 Å². The summed E-state index contributed by atoms with van der Waals surface area (Å²) in [6.07, 6.45) is -3.15. The molecule has 122 valence electrons. The Balaban J connectivity index is 2.12. The molecule has 1 aromatic rings. The van der Waals surface area contributed by atoms with Gasteiger partial charge < -0.3 is 15.7 Å². The summed E-state index contributed by atoms with van der Waals surface area (Å²) in [5.41, 5.74) is 5.76. The highest BCUT2D eigenvalue weighted by molar-refractivity contribution is 5.66. The monoisotopic (exact) mass is 316 g/mol. The zero-order valence-electron chi connectivity index (χ0n) is 12.0. The smallest absolute Gasteiger partial charge is 0.416 e. The summed E-state index contributed by atoms with van der Waals surface area (Å²) in [4.78, 5) is 12.5. The molecule has 0 spiro atoms. The zero-order valence-corrected chi connectivity index (χ0v) is 12.0. The van der Waals surface area contributed by atoms with Crippen molar-refractivity contribution in [3.8, 4) is 0 Å². The van der Waals surface area contributed by atoms with E-state index in [0.29, 0.717) is 31.6 Å². The molecule has 1 aromatic carbocycles. The molecule has 2 rings (SSSR count). The van der Waals surface area contributed by atoms with Crippen molar-refractivity contribution in [3.05, 3.63) is 29.8 Å². The number of nitrogens with zero attached hydrogens (tertiary/aromatic N) is 1. The molecule has 1 aliphatic rings. The van der Waals surface area contributed by atoms with Crippen molar-refractivity contribution < 1.29 is 23.1 Å². The van der Waals surface area contributed by atoms with Gasteiger partial charge in [0, 0.05) is 31.2 Å². The van der Waals surface area contributed by atoms with E-state index in [1.807, 2.05) is 4.90 Å². The zero-order chi connectivity index (χ0) is 16.3. The van der Waals surface area contributed by atoms with E-state index in [1.165, 1.54) is 6.07 Å². The van der Waals surface area contributed by atoms with Gasteiger partial charge in [-0.2, -0.15) is 13.2 Å². The summed E-state index contributed by atoms with van der Waals surface area (Å²) < 4.78 is 38.4. The van der Waals surface area contributed by atoms with E-state index in [9.17, 15) is 18.0 Å². The highest BCUT2D eigenvalue weighted by Crippen LogP contribution is 2.33. The number of hydrogen-bond donors (Lipinski definition) is 2. The number of benzene rings is 1. The first-order valence-corrected chi connectivity index (χ1v) is 7.15. The van der Waals surface area contributed by atoms with E-state index in [0.717, 1.165) is 12.1 Å². The molecule has 3 N–H and O–H groups in total. The van der Waals surface area contributed by atoms with Crippen molar-refractivity contribution in [1.29, 1.82) is 0 Å². The summed E-state index contributed by atoms with van der Waals surface area (Å²) in [6, 6.07) is 5.00. The number of aliphatic carboxylic acids is 1. The average molecular weight is 316 g/mol. The first kappa shape index (κ1) is 16.6. The average Bonchev–Trinajstić information content (AvgIpc) is 2.44. The maximum Gasteiger partial charge on any atom is 0.416 e. The van der Waals surface area contributed by atoms with Crippen LogP contribution in [0.4, 0.5) is 18.9 Å². The summed E-state index contributed by atoms with van der Waals surface area (Å²) >= 11 is 0. The maximum atomic E-state index is 12.8. The lowest BCUT2D eigenvalue weighted by atomic mass is 9.90. The van der Waals surface area contributed by atoms with E-state index < -0.39 is 17.7 Å². The van der Waals surface area contributed by atoms with Crippen molar-refractivity contribution in [3.63, 3.8) is 0 Å². The molecule has 1 fully saturated rings. The quantitative estimate of drug-likeness (QED) is 0.896. The molecule has 2 atom stereocenters. The molecule has 4 nitrogen and oxygen atoms in total. The number of nitrogens with two attached hydrogens (primary N) is 1. The second kappa shape index (κ2) is 6.56. The molecule has 0 amide bonds. The summed E-state index contributed by atoms with van der Waals surface area (Å²) in [5.74, 6) is -0.792. The number of carboxylic acid groups (broad SMARTS) is 1. The molecule has 1 saturated heterocycles. The van der Waals surface area contributed by atoms with E-state index in [2.05, 4.69) is 0 Å². The summed E-state index contributed by atoms with van der Waals surface area (Å²) in [6.45, 7) is 1.01. The SMILES string of the molecule is NC1CC(CCC(=O)O)CN(c2cccc(C(F)(F)F)c2)C1.